The molecule has 1 aliphatic rings. The van der Waals surface area contributed by atoms with Gasteiger partial charge >= 0.3 is 0 Å². The number of guanidine groups is 1. The third-order valence-electron chi connectivity index (χ3n) is 3.92. The van der Waals surface area contributed by atoms with Gasteiger partial charge in [0.15, 0.2) is 5.96 Å². The molecule has 0 amide bonds. The Hall–Kier alpha value is -0.220. The number of aliphatic imine (C=N–C) groups is 1. The molecule has 23 heavy (non-hydrogen) atoms. The van der Waals surface area contributed by atoms with Crippen LogP contribution in [0.3, 0.4) is 0 Å². The van der Waals surface area contributed by atoms with Gasteiger partial charge in [-0.2, -0.15) is 0 Å². The van der Waals surface area contributed by atoms with E-state index in [1.807, 2.05) is 13.8 Å². The Morgan fingerprint density at radius 1 is 1.52 bits per heavy atom. The van der Waals surface area contributed by atoms with E-state index in [0.29, 0.717) is 17.8 Å². The Kier molecular flexibility index (Phi) is 9.60. The largest absolute Gasteiger partial charge is 0.354 e. The monoisotopic (exact) mass is 470 g/mol. The summed E-state index contributed by atoms with van der Waals surface area (Å²) < 4.78 is 12.0. The van der Waals surface area contributed by atoms with Gasteiger partial charge < -0.3 is 10.6 Å². The average molecular weight is 470 g/mol. The summed E-state index contributed by atoms with van der Waals surface area (Å²) in [5, 5.41) is 10.2. The van der Waals surface area contributed by atoms with Gasteiger partial charge in [-0.3, -0.25) is 9.20 Å². The first-order chi connectivity index (χ1) is 10.6. The lowest BCUT2D eigenvalue weighted by Gasteiger charge is -2.30. The molecular weight excluding hydrogens is 443 g/mol. The number of rotatable bonds is 5. The van der Waals surface area contributed by atoms with Crippen LogP contribution in [0.1, 0.15) is 43.3 Å². The molecule has 2 rings (SSSR count). The van der Waals surface area contributed by atoms with E-state index in [-0.39, 0.29) is 24.0 Å². The van der Waals surface area contributed by atoms with E-state index < -0.39 is 10.8 Å². The molecule has 1 aliphatic carbocycles. The van der Waals surface area contributed by atoms with Crippen LogP contribution in [-0.4, -0.2) is 39.2 Å². The van der Waals surface area contributed by atoms with Gasteiger partial charge in [0.1, 0.15) is 5.01 Å². The zero-order valence-electron chi connectivity index (χ0n) is 14.0. The minimum Gasteiger partial charge on any atom is -0.354 e. The van der Waals surface area contributed by atoms with Gasteiger partial charge in [0.25, 0.3) is 0 Å². The van der Waals surface area contributed by atoms with Crippen LogP contribution in [0.2, 0.25) is 0 Å². The SMILES string of the molecule is CCS(=O)C1CCCC(NC(=NC)NCc2nc(C)cs2)C1.I. The van der Waals surface area contributed by atoms with Crippen LogP contribution in [-0.2, 0) is 17.3 Å². The molecule has 3 atom stereocenters. The standard InChI is InChI=1S/C15H26N4OS2.HI/c1-4-22(20)13-7-5-6-12(8-13)19-15(16-3)17-9-14-18-11(2)10-21-14;/h10,12-13H,4-9H2,1-3H3,(H2,16,17,19);1H. The molecular formula is C15H27IN4OS2. The number of hydrogen-bond donors (Lipinski definition) is 2. The van der Waals surface area contributed by atoms with Gasteiger partial charge in [-0.05, 0) is 26.2 Å². The van der Waals surface area contributed by atoms with Crippen molar-refractivity contribution < 1.29 is 4.21 Å². The Morgan fingerprint density at radius 2 is 2.30 bits per heavy atom. The van der Waals surface area contributed by atoms with Gasteiger partial charge in [0, 0.05) is 46.0 Å². The van der Waals surface area contributed by atoms with Crippen molar-refractivity contribution in [3.63, 3.8) is 0 Å². The van der Waals surface area contributed by atoms with Crippen LogP contribution in [0, 0.1) is 6.92 Å². The minimum absolute atomic E-state index is 0. The summed E-state index contributed by atoms with van der Waals surface area (Å²) in [6.45, 7) is 4.70. The van der Waals surface area contributed by atoms with Crippen molar-refractivity contribution in [3.8, 4) is 0 Å². The molecule has 1 saturated carbocycles. The predicted octanol–water partition coefficient (Wildman–Crippen LogP) is 2.81. The lowest BCUT2D eigenvalue weighted by Crippen LogP contribution is -2.46. The zero-order valence-corrected chi connectivity index (χ0v) is 18.0. The van der Waals surface area contributed by atoms with Gasteiger partial charge in [-0.15, -0.1) is 35.3 Å². The molecule has 0 saturated heterocycles. The van der Waals surface area contributed by atoms with Crippen LogP contribution in [0.25, 0.3) is 0 Å². The smallest absolute Gasteiger partial charge is 0.191 e. The van der Waals surface area contributed by atoms with Crippen molar-refractivity contribution in [3.05, 3.63) is 16.1 Å². The first-order valence-corrected chi connectivity index (χ1v) is 10.1. The van der Waals surface area contributed by atoms with Crippen molar-refractivity contribution in [1.82, 2.24) is 15.6 Å². The zero-order chi connectivity index (χ0) is 15.9. The summed E-state index contributed by atoms with van der Waals surface area (Å²) in [7, 11) is 1.09. The van der Waals surface area contributed by atoms with E-state index in [4.69, 9.17) is 0 Å². The highest BCUT2D eigenvalue weighted by Gasteiger charge is 2.26. The molecule has 0 aromatic carbocycles. The number of halogens is 1. The highest BCUT2D eigenvalue weighted by atomic mass is 127. The Bertz CT molecular complexity index is 535. The number of thiazole rings is 1. The lowest BCUT2D eigenvalue weighted by atomic mass is 9.95. The fourth-order valence-corrected chi connectivity index (χ4v) is 4.84. The topological polar surface area (TPSA) is 66.4 Å². The molecule has 0 radical (unpaired) electrons. The maximum absolute atomic E-state index is 12.0. The Morgan fingerprint density at radius 3 is 2.91 bits per heavy atom. The van der Waals surface area contributed by atoms with E-state index in [0.717, 1.165) is 48.1 Å². The highest BCUT2D eigenvalue weighted by Crippen LogP contribution is 2.23. The van der Waals surface area contributed by atoms with Gasteiger partial charge in [0.2, 0.25) is 0 Å². The third-order valence-corrected chi connectivity index (χ3v) is 6.63. The van der Waals surface area contributed by atoms with E-state index in [2.05, 4.69) is 26.0 Å². The molecule has 132 valence electrons. The summed E-state index contributed by atoms with van der Waals surface area (Å²) in [5.74, 6) is 1.56. The summed E-state index contributed by atoms with van der Waals surface area (Å²) in [6.07, 6.45) is 4.31. The fraction of sp³-hybridized carbons (Fsp3) is 0.733. The van der Waals surface area contributed by atoms with Crippen molar-refractivity contribution in [1.29, 1.82) is 0 Å². The van der Waals surface area contributed by atoms with Crippen molar-refractivity contribution in [2.24, 2.45) is 4.99 Å². The van der Waals surface area contributed by atoms with Crippen LogP contribution < -0.4 is 10.6 Å². The molecule has 0 bridgehead atoms. The molecule has 1 fully saturated rings. The van der Waals surface area contributed by atoms with Crippen LogP contribution in [0.15, 0.2) is 10.4 Å². The summed E-state index contributed by atoms with van der Waals surface area (Å²) in [4.78, 5) is 8.73. The summed E-state index contributed by atoms with van der Waals surface area (Å²) in [5.41, 5.74) is 1.06. The summed E-state index contributed by atoms with van der Waals surface area (Å²) >= 11 is 1.66. The molecule has 8 heteroatoms. The Labute approximate surface area is 162 Å². The van der Waals surface area contributed by atoms with Crippen LogP contribution in [0.4, 0.5) is 0 Å². The minimum atomic E-state index is -0.690. The quantitative estimate of drug-likeness (QED) is 0.395. The maximum Gasteiger partial charge on any atom is 0.191 e. The van der Waals surface area contributed by atoms with Crippen molar-refractivity contribution in [2.45, 2.75) is 57.4 Å². The molecule has 1 aromatic heterocycles. The predicted molar refractivity (Wildman–Crippen MR) is 110 cm³/mol. The number of hydrogen-bond acceptors (Lipinski definition) is 4. The fourth-order valence-electron chi connectivity index (χ4n) is 2.78. The normalized spacial score (nSPS) is 23.0. The first-order valence-electron chi connectivity index (χ1n) is 7.87. The van der Waals surface area contributed by atoms with Gasteiger partial charge in [-0.1, -0.05) is 13.3 Å². The number of nitrogens with zero attached hydrogens (tertiary/aromatic N) is 2. The van der Waals surface area contributed by atoms with Gasteiger partial charge in [-0.25, -0.2) is 4.98 Å². The van der Waals surface area contributed by atoms with E-state index in [1.54, 1.807) is 18.4 Å². The Balaban J connectivity index is 0.00000264. The van der Waals surface area contributed by atoms with E-state index in [9.17, 15) is 4.21 Å². The first kappa shape index (κ1) is 20.8. The van der Waals surface area contributed by atoms with Crippen LogP contribution >= 0.6 is 35.3 Å². The van der Waals surface area contributed by atoms with E-state index in [1.165, 1.54) is 0 Å². The molecule has 5 nitrogen and oxygen atoms in total. The van der Waals surface area contributed by atoms with Gasteiger partial charge in [0.05, 0.1) is 6.54 Å². The number of aryl methyl sites for hydroxylation is 1. The molecule has 1 heterocycles. The average Bonchev–Trinajstić information content (AvgIpc) is 2.96. The second-order valence-corrected chi connectivity index (χ2v) is 8.56. The van der Waals surface area contributed by atoms with E-state index >= 15 is 0 Å². The van der Waals surface area contributed by atoms with Crippen molar-refractivity contribution >= 4 is 52.1 Å². The molecule has 0 spiro atoms. The third kappa shape index (κ3) is 6.66. The number of nitrogens with one attached hydrogen (secondary N) is 2. The lowest BCUT2D eigenvalue weighted by molar-refractivity contribution is 0.413. The molecule has 2 N–H and O–H groups in total. The second kappa shape index (κ2) is 10.6. The summed E-state index contributed by atoms with van der Waals surface area (Å²) in [6, 6.07) is 0.360. The molecule has 3 unspecified atom stereocenters. The van der Waals surface area contributed by atoms with Crippen LogP contribution in [0.5, 0.6) is 0 Å². The van der Waals surface area contributed by atoms with Crippen molar-refractivity contribution in [2.75, 3.05) is 12.8 Å². The molecule has 0 aliphatic heterocycles. The highest BCUT2D eigenvalue weighted by molar-refractivity contribution is 14.0. The number of aromatic nitrogens is 1. The maximum atomic E-state index is 12.0. The second-order valence-electron chi connectivity index (χ2n) is 5.61. The molecule has 1 aromatic rings.